The van der Waals surface area contributed by atoms with Gasteiger partial charge in [0.05, 0.1) is 22.1 Å². The number of carbonyl (C=O) groups excluding carboxylic acids is 2. The third-order valence-corrected chi connectivity index (χ3v) is 11.1. The van der Waals surface area contributed by atoms with Gasteiger partial charge in [-0.1, -0.05) is 43.3 Å². The van der Waals surface area contributed by atoms with E-state index >= 15 is 0 Å². The molecule has 3 aromatic carbocycles. The number of thiol groups is 1. The van der Waals surface area contributed by atoms with Crippen molar-refractivity contribution in [3.8, 4) is 22.3 Å². The Morgan fingerprint density at radius 3 is 1.92 bits per heavy atom. The Morgan fingerprint density at radius 2 is 1.34 bits per heavy atom. The van der Waals surface area contributed by atoms with Crippen LogP contribution in [0.3, 0.4) is 0 Å². The van der Waals surface area contributed by atoms with Gasteiger partial charge in [0.2, 0.25) is 0 Å². The maximum Gasteiger partial charge on any atom is 0.411 e. The summed E-state index contributed by atoms with van der Waals surface area (Å²) in [6, 6.07) is 21.1. The molecule has 10 nitrogen and oxygen atoms in total. The number of hydrogen-bond donors (Lipinski definition) is 3. The summed E-state index contributed by atoms with van der Waals surface area (Å²) >= 11 is 4.89. The number of hydrogen-bond acceptors (Lipinski definition) is 7. The van der Waals surface area contributed by atoms with Crippen LogP contribution in [0.2, 0.25) is 0 Å². The molecule has 2 N–H and O–H groups in total. The van der Waals surface area contributed by atoms with E-state index in [9.17, 15) is 9.59 Å². The van der Waals surface area contributed by atoms with Gasteiger partial charge in [-0.05, 0) is 121 Å². The summed E-state index contributed by atoms with van der Waals surface area (Å²) in [7, 11) is 0. The Kier molecular flexibility index (Phi) is 9.54. The summed E-state index contributed by atoms with van der Waals surface area (Å²) in [4.78, 5) is 47.1. The number of nitrogens with one attached hydrogen (secondary N) is 2. The highest BCUT2D eigenvalue weighted by molar-refractivity contribution is 7.81. The van der Waals surface area contributed by atoms with Crippen molar-refractivity contribution in [1.82, 2.24) is 29.7 Å². The molecule has 11 heteroatoms. The average molecular weight is 737 g/mol. The maximum absolute atomic E-state index is 13.4. The van der Waals surface area contributed by atoms with Crippen molar-refractivity contribution in [2.75, 3.05) is 13.1 Å². The van der Waals surface area contributed by atoms with Crippen molar-refractivity contribution in [3.63, 3.8) is 0 Å². The highest BCUT2D eigenvalue weighted by Gasteiger charge is 2.51. The van der Waals surface area contributed by atoms with Gasteiger partial charge < -0.3 is 24.3 Å². The van der Waals surface area contributed by atoms with Crippen molar-refractivity contribution in [2.24, 2.45) is 0 Å². The molecule has 2 aromatic heterocycles. The van der Waals surface area contributed by atoms with Crippen LogP contribution >= 0.6 is 12.6 Å². The fourth-order valence-electron chi connectivity index (χ4n) is 8.01. The van der Waals surface area contributed by atoms with Crippen LogP contribution in [0.5, 0.6) is 0 Å². The van der Waals surface area contributed by atoms with Crippen LogP contribution in [0.15, 0.2) is 60.7 Å². The van der Waals surface area contributed by atoms with Gasteiger partial charge in [0.1, 0.15) is 28.4 Å². The number of rotatable bonds is 5. The standard InChI is InChI=1S/C42H52N6O4S/c1-25-31(11-9-21-47(25)38(49)51-40(3,4)5)36-43-32-18-16-29(23-34(32)44-36)27-12-14-28(15-13-27)30-17-19-33-35(24-30)46-37(45-33)42(26(2)53)20-10-22-48(42)39(50)52-41(6,7)8/h12-19,23-26,31,53H,9-11,20-22H2,1-8H3,(H,43,44)(H,45,46). The topological polar surface area (TPSA) is 116 Å². The van der Waals surface area contributed by atoms with Gasteiger partial charge in [-0.15, -0.1) is 0 Å². The lowest BCUT2D eigenvalue weighted by Gasteiger charge is -2.40. The number of amides is 2. The van der Waals surface area contributed by atoms with Crippen LogP contribution in [-0.4, -0.2) is 77.5 Å². The van der Waals surface area contributed by atoms with Crippen LogP contribution in [0, 0.1) is 0 Å². The number of carbonyl (C=O) groups is 2. The van der Waals surface area contributed by atoms with E-state index in [-0.39, 0.29) is 29.4 Å². The zero-order chi connectivity index (χ0) is 37.9. The van der Waals surface area contributed by atoms with E-state index in [1.807, 2.05) is 64.3 Å². The summed E-state index contributed by atoms with van der Waals surface area (Å²) in [5.74, 6) is 1.75. The van der Waals surface area contributed by atoms with Gasteiger partial charge in [-0.3, -0.25) is 4.90 Å². The molecule has 0 spiro atoms. The fourth-order valence-corrected chi connectivity index (χ4v) is 8.40. The average Bonchev–Trinajstić information content (AvgIpc) is 3.83. The second-order valence-electron chi connectivity index (χ2n) is 16.7. The highest BCUT2D eigenvalue weighted by atomic mass is 32.1. The molecule has 4 heterocycles. The zero-order valence-electron chi connectivity index (χ0n) is 32.1. The molecule has 2 saturated heterocycles. The minimum Gasteiger partial charge on any atom is -0.444 e. The number of ether oxygens (including phenoxy) is 2. The number of piperidine rings is 1. The van der Waals surface area contributed by atoms with Crippen LogP contribution in [-0.2, 0) is 15.0 Å². The fraction of sp³-hybridized carbons (Fsp3) is 0.476. The van der Waals surface area contributed by atoms with Crippen molar-refractivity contribution >= 4 is 46.9 Å². The predicted molar refractivity (Wildman–Crippen MR) is 213 cm³/mol. The van der Waals surface area contributed by atoms with Crippen molar-refractivity contribution in [3.05, 3.63) is 72.3 Å². The normalized spacial score (nSPS) is 21.7. The zero-order valence-corrected chi connectivity index (χ0v) is 33.0. The third-order valence-electron chi connectivity index (χ3n) is 10.6. The summed E-state index contributed by atoms with van der Waals surface area (Å²) < 4.78 is 11.5. The summed E-state index contributed by atoms with van der Waals surface area (Å²) in [5, 5.41) is -0.164. The Balaban J connectivity index is 1.10. The molecule has 0 aliphatic carbocycles. The molecule has 2 fully saturated rings. The summed E-state index contributed by atoms with van der Waals surface area (Å²) in [5.41, 5.74) is 6.17. The van der Waals surface area contributed by atoms with E-state index in [1.165, 1.54) is 0 Å². The lowest BCUT2D eigenvalue weighted by atomic mass is 9.90. The molecule has 280 valence electrons. The third kappa shape index (κ3) is 7.24. The molecular formula is C42H52N6O4S. The monoisotopic (exact) mass is 736 g/mol. The number of benzene rings is 3. The summed E-state index contributed by atoms with van der Waals surface area (Å²) in [6.07, 6.45) is 2.86. The maximum atomic E-state index is 13.4. The molecule has 4 atom stereocenters. The molecule has 0 bridgehead atoms. The number of aromatic nitrogens is 4. The Labute approximate surface area is 317 Å². The molecule has 2 aliphatic rings. The van der Waals surface area contributed by atoms with Gasteiger partial charge in [0.25, 0.3) is 0 Å². The van der Waals surface area contributed by atoms with Gasteiger partial charge in [0, 0.05) is 30.3 Å². The number of H-pyrrole nitrogens is 2. The molecule has 4 unspecified atom stereocenters. The van der Waals surface area contributed by atoms with Crippen molar-refractivity contribution in [2.45, 2.75) is 115 Å². The molecule has 2 amide bonds. The van der Waals surface area contributed by atoms with E-state index < -0.39 is 16.7 Å². The molecule has 5 aromatic rings. The van der Waals surface area contributed by atoms with Crippen LogP contribution in [0.4, 0.5) is 9.59 Å². The first-order chi connectivity index (χ1) is 25.0. The van der Waals surface area contributed by atoms with E-state index in [2.05, 4.69) is 71.5 Å². The first kappa shape index (κ1) is 36.8. The Bertz CT molecular complexity index is 2140. The van der Waals surface area contributed by atoms with E-state index in [4.69, 9.17) is 32.1 Å². The van der Waals surface area contributed by atoms with E-state index in [1.54, 1.807) is 0 Å². The van der Waals surface area contributed by atoms with Crippen molar-refractivity contribution in [1.29, 1.82) is 0 Å². The minimum absolute atomic E-state index is 0.0268. The van der Waals surface area contributed by atoms with E-state index in [0.29, 0.717) is 13.1 Å². The van der Waals surface area contributed by atoms with Gasteiger partial charge in [-0.2, -0.15) is 12.6 Å². The van der Waals surface area contributed by atoms with Crippen LogP contribution in [0.1, 0.15) is 98.6 Å². The summed E-state index contributed by atoms with van der Waals surface area (Å²) in [6.45, 7) is 16.8. The largest absolute Gasteiger partial charge is 0.444 e. The second kappa shape index (κ2) is 13.7. The first-order valence-electron chi connectivity index (χ1n) is 18.8. The lowest BCUT2D eigenvalue weighted by molar-refractivity contribution is 0.00537. The molecule has 7 rings (SSSR count). The highest BCUT2D eigenvalue weighted by Crippen LogP contribution is 2.44. The number of likely N-dealkylation sites (tertiary alicyclic amines) is 2. The van der Waals surface area contributed by atoms with Gasteiger partial charge in [-0.25, -0.2) is 19.6 Å². The SMILES string of the molecule is CC1C(c2nc3ccc(-c4ccc(-c5ccc6nc(C7(C(C)S)CCCN7C(=O)OC(C)(C)C)[nH]c6c5)cc4)cc3[nH]2)CCCN1C(=O)OC(C)(C)C. The molecular weight excluding hydrogens is 685 g/mol. The minimum atomic E-state index is -0.697. The quantitative estimate of drug-likeness (QED) is 0.155. The smallest absolute Gasteiger partial charge is 0.411 e. The van der Waals surface area contributed by atoms with Gasteiger partial charge >= 0.3 is 12.2 Å². The first-order valence-corrected chi connectivity index (χ1v) is 19.3. The van der Waals surface area contributed by atoms with Gasteiger partial charge in [0.15, 0.2) is 0 Å². The Morgan fingerprint density at radius 1 is 0.792 bits per heavy atom. The number of fused-ring (bicyclic) bond motifs is 2. The predicted octanol–water partition coefficient (Wildman–Crippen LogP) is 9.82. The number of nitrogens with zero attached hydrogens (tertiary/aromatic N) is 4. The lowest BCUT2D eigenvalue weighted by Crippen LogP contribution is -2.52. The van der Waals surface area contributed by atoms with Crippen molar-refractivity contribution < 1.29 is 19.1 Å². The van der Waals surface area contributed by atoms with E-state index in [0.717, 1.165) is 81.7 Å². The number of imidazole rings is 2. The van der Waals surface area contributed by atoms with Crippen LogP contribution in [0.25, 0.3) is 44.3 Å². The molecule has 0 saturated carbocycles. The molecule has 53 heavy (non-hydrogen) atoms. The molecule has 2 aliphatic heterocycles. The second-order valence-corrected chi connectivity index (χ2v) is 17.5. The number of aromatic amines is 2. The Hall–Kier alpha value is -4.51. The molecule has 0 radical (unpaired) electrons. The van der Waals surface area contributed by atoms with Crippen LogP contribution < -0.4 is 0 Å².